The van der Waals surface area contributed by atoms with Crippen LogP contribution in [0.4, 0.5) is 0 Å². The molecule has 0 saturated heterocycles. The lowest BCUT2D eigenvalue weighted by Gasteiger charge is -2.09. The van der Waals surface area contributed by atoms with Crippen molar-refractivity contribution in [3.8, 4) is 11.5 Å². The maximum atomic E-state index is 12.3. The number of aromatic hydroxyl groups is 2. The monoisotopic (exact) mass is 651 g/mol. The normalized spacial score (nSPS) is 10.7. The topological polar surface area (TPSA) is 165 Å². The summed E-state index contributed by atoms with van der Waals surface area (Å²) in [5.74, 6) is -3.10. The van der Waals surface area contributed by atoms with Crippen LogP contribution in [-0.4, -0.2) is 48.0 Å². The van der Waals surface area contributed by atoms with Gasteiger partial charge in [-0.2, -0.15) is 0 Å². The van der Waals surface area contributed by atoms with Gasteiger partial charge in [0.1, 0.15) is 11.3 Å². The van der Waals surface area contributed by atoms with E-state index in [-0.39, 0.29) is 23.5 Å². The minimum absolute atomic E-state index is 0.122. The zero-order valence-electron chi connectivity index (χ0n) is 21.1. The van der Waals surface area contributed by atoms with Crippen molar-refractivity contribution in [2.75, 3.05) is 7.11 Å². The van der Waals surface area contributed by atoms with Crippen LogP contribution < -0.4 is 16.4 Å². The lowest BCUT2D eigenvalue weighted by atomic mass is 10.2. The molecule has 0 aliphatic heterocycles. The van der Waals surface area contributed by atoms with Crippen LogP contribution >= 0.6 is 46.4 Å². The van der Waals surface area contributed by atoms with E-state index in [1.165, 1.54) is 36.7 Å². The molecule has 4 aromatic heterocycles. The molecule has 1 aromatic carbocycles. The summed E-state index contributed by atoms with van der Waals surface area (Å²) in [5, 5.41) is 23.5. The number of hydrogen-bond acceptors (Lipinski definition) is 9. The summed E-state index contributed by atoms with van der Waals surface area (Å²) in [7, 11) is 1.13. The predicted octanol–water partition coefficient (Wildman–Crippen LogP) is 4.13. The Morgan fingerprint density at radius 1 is 0.810 bits per heavy atom. The molecule has 0 unspecified atom stereocenters. The van der Waals surface area contributed by atoms with Crippen molar-refractivity contribution < 1.29 is 24.5 Å². The SMILES string of the molecule is COC(=O)c1nc2ccc(Cl)cn2c(=O)c1O.O=C(NCc1ccc(Cl)c(Cl)c1)c1nc2ccc(Cl)cn2c(=O)c1O. The van der Waals surface area contributed by atoms with E-state index in [1.54, 1.807) is 18.2 Å². The number of fused-ring (bicyclic) bond motifs is 2. The Bertz CT molecular complexity index is 2000. The van der Waals surface area contributed by atoms with Crippen LogP contribution in [0.25, 0.3) is 11.3 Å². The number of esters is 1. The van der Waals surface area contributed by atoms with E-state index in [0.717, 1.165) is 15.9 Å². The van der Waals surface area contributed by atoms with Crippen molar-refractivity contribution >= 4 is 69.6 Å². The highest BCUT2D eigenvalue weighted by Gasteiger charge is 2.20. The number of carbonyl (C=O) groups excluding carboxylic acids is 2. The smallest absolute Gasteiger partial charge is 0.360 e. The van der Waals surface area contributed by atoms with Gasteiger partial charge in [-0.05, 0) is 42.0 Å². The second-order valence-electron chi connectivity index (χ2n) is 8.30. The molecule has 3 N–H and O–H groups in total. The quantitative estimate of drug-likeness (QED) is 0.242. The Balaban J connectivity index is 0.000000208. The third kappa shape index (κ3) is 6.42. The van der Waals surface area contributed by atoms with Crippen molar-refractivity contribution in [2.24, 2.45) is 0 Å². The molecular formula is C26H17Cl4N5O7. The summed E-state index contributed by atoms with van der Waals surface area (Å²) in [6, 6.07) is 10.9. The molecule has 5 aromatic rings. The minimum atomic E-state index is -0.878. The zero-order valence-corrected chi connectivity index (χ0v) is 24.2. The number of nitrogens with one attached hydrogen (secondary N) is 1. The number of aromatic nitrogens is 4. The number of halogens is 4. The van der Waals surface area contributed by atoms with E-state index in [2.05, 4.69) is 20.0 Å². The number of benzene rings is 1. The fourth-order valence-electron chi connectivity index (χ4n) is 3.52. The van der Waals surface area contributed by atoms with E-state index >= 15 is 0 Å². The van der Waals surface area contributed by atoms with Gasteiger partial charge in [0.25, 0.3) is 5.91 Å². The van der Waals surface area contributed by atoms with Gasteiger partial charge in [0.15, 0.2) is 11.4 Å². The van der Waals surface area contributed by atoms with E-state index in [0.29, 0.717) is 25.7 Å². The molecule has 0 radical (unpaired) electrons. The van der Waals surface area contributed by atoms with Gasteiger partial charge in [-0.1, -0.05) is 52.5 Å². The van der Waals surface area contributed by atoms with Gasteiger partial charge in [-0.15, -0.1) is 0 Å². The molecule has 0 aliphatic rings. The first kappa shape index (κ1) is 30.6. The number of hydrogen-bond donors (Lipinski definition) is 3. The second kappa shape index (κ2) is 12.7. The van der Waals surface area contributed by atoms with Crippen molar-refractivity contribution in [1.29, 1.82) is 0 Å². The molecule has 1 amide bonds. The van der Waals surface area contributed by atoms with Crippen LogP contribution in [-0.2, 0) is 11.3 Å². The maximum absolute atomic E-state index is 12.3. The van der Waals surface area contributed by atoms with Crippen molar-refractivity contribution in [2.45, 2.75) is 6.54 Å². The van der Waals surface area contributed by atoms with Gasteiger partial charge in [0.2, 0.25) is 11.5 Å². The average Bonchev–Trinajstić information content (AvgIpc) is 2.97. The van der Waals surface area contributed by atoms with Crippen molar-refractivity contribution in [3.63, 3.8) is 0 Å². The molecular weight excluding hydrogens is 636 g/mol. The third-order valence-electron chi connectivity index (χ3n) is 5.56. The minimum Gasteiger partial charge on any atom is -0.501 e. The van der Waals surface area contributed by atoms with Gasteiger partial charge in [-0.25, -0.2) is 14.8 Å². The number of rotatable bonds is 4. The standard InChI is InChI=1S/C16H10Cl3N3O3.C10H7ClN2O4/c17-9-2-4-12-21-13(14(23)16(25)22(12)7-9)15(24)20-6-8-1-3-10(18)11(19)5-8;1-17-10(16)7-8(14)9(15)13-4-5(11)2-3-6(13)12-7/h1-5,7,23H,6H2,(H,20,24);2-4,14H,1H3. The Labute approximate surface area is 255 Å². The number of nitrogens with zero attached hydrogens (tertiary/aromatic N) is 4. The molecule has 0 saturated carbocycles. The maximum Gasteiger partial charge on any atom is 0.360 e. The summed E-state index contributed by atoms with van der Waals surface area (Å²) < 4.78 is 6.52. The molecule has 16 heteroatoms. The molecule has 12 nitrogen and oxygen atoms in total. The molecule has 0 aliphatic carbocycles. The van der Waals surface area contributed by atoms with Crippen LogP contribution in [0, 0.1) is 0 Å². The van der Waals surface area contributed by atoms with Crippen LogP contribution in [0.5, 0.6) is 11.5 Å². The number of methoxy groups -OCH3 is 1. The number of carbonyl (C=O) groups is 2. The van der Waals surface area contributed by atoms with Crippen molar-refractivity contribution in [3.05, 3.63) is 113 Å². The highest BCUT2D eigenvalue weighted by Crippen LogP contribution is 2.22. The largest absolute Gasteiger partial charge is 0.501 e. The summed E-state index contributed by atoms with van der Waals surface area (Å²) in [6.45, 7) is 0.122. The molecule has 5 rings (SSSR count). The fraction of sp³-hybridized carbons (Fsp3) is 0.0769. The molecule has 216 valence electrons. The molecule has 0 atom stereocenters. The zero-order chi connectivity index (χ0) is 30.7. The summed E-state index contributed by atoms with van der Waals surface area (Å²) in [6.07, 6.45) is 2.61. The first-order valence-electron chi connectivity index (χ1n) is 11.5. The lowest BCUT2D eigenvalue weighted by Crippen LogP contribution is -2.27. The van der Waals surface area contributed by atoms with Gasteiger partial charge in [0.05, 0.1) is 27.2 Å². The average molecular weight is 653 g/mol. The highest BCUT2D eigenvalue weighted by atomic mass is 35.5. The Hall–Kier alpha value is -4.36. The Kier molecular flexibility index (Phi) is 9.22. The van der Waals surface area contributed by atoms with E-state index in [1.807, 2.05) is 0 Å². The van der Waals surface area contributed by atoms with Gasteiger partial charge in [0, 0.05) is 18.9 Å². The van der Waals surface area contributed by atoms with E-state index < -0.39 is 40.2 Å². The number of amides is 1. The third-order valence-corrected chi connectivity index (χ3v) is 6.74. The Morgan fingerprint density at radius 3 is 1.86 bits per heavy atom. The lowest BCUT2D eigenvalue weighted by molar-refractivity contribution is 0.0590. The Morgan fingerprint density at radius 2 is 1.33 bits per heavy atom. The second-order valence-corrected chi connectivity index (χ2v) is 9.99. The van der Waals surface area contributed by atoms with Gasteiger partial charge >= 0.3 is 17.1 Å². The molecule has 4 heterocycles. The molecule has 42 heavy (non-hydrogen) atoms. The fourth-order valence-corrected chi connectivity index (χ4v) is 4.16. The molecule has 0 spiro atoms. The van der Waals surface area contributed by atoms with Crippen LogP contribution in [0.1, 0.15) is 26.5 Å². The van der Waals surface area contributed by atoms with Crippen LogP contribution in [0.2, 0.25) is 20.1 Å². The van der Waals surface area contributed by atoms with Crippen LogP contribution in [0.3, 0.4) is 0 Å². The summed E-state index contributed by atoms with van der Waals surface area (Å²) >= 11 is 23.3. The molecule has 0 fully saturated rings. The number of pyridine rings is 2. The van der Waals surface area contributed by atoms with E-state index in [9.17, 15) is 29.4 Å². The van der Waals surface area contributed by atoms with Gasteiger partial charge < -0.3 is 20.3 Å². The molecule has 0 bridgehead atoms. The first-order chi connectivity index (χ1) is 19.9. The summed E-state index contributed by atoms with van der Waals surface area (Å²) in [5.41, 5.74) is -1.27. The first-order valence-corrected chi connectivity index (χ1v) is 13.0. The van der Waals surface area contributed by atoms with Crippen LogP contribution in [0.15, 0.2) is 64.4 Å². The highest BCUT2D eigenvalue weighted by molar-refractivity contribution is 6.42. The van der Waals surface area contributed by atoms with E-state index in [4.69, 9.17) is 46.4 Å². The van der Waals surface area contributed by atoms with Crippen molar-refractivity contribution in [1.82, 2.24) is 24.1 Å². The predicted molar refractivity (Wildman–Crippen MR) is 155 cm³/mol. The number of ether oxygens (including phenoxy) is 1. The van der Waals surface area contributed by atoms with Gasteiger partial charge in [-0.3, -0.25) is 23.2 Å². The summed E-state index contributed by atoms with van der Waals surface area (Å²) in [4.78, 5) is 55.3.